The smallest absolute Gasteiger partial charge is 0.326 e. The largest absolute Gasteiger partial charge is 0.480 e. The van der Waals surface area contributed by atoms with Crippen molar-refractivity contribution in [2.24, 2.45) is 0 Å². The lowest BCUT2D eigenvalue weighted by Crippen LogP contribution is -2.53. The molecule has 2 bridgehead atoms. The summed E-state index contributed by atoms with van der Waals surface area (Å²) in [5, 5.41) is 18.7. The Hall–Kier alpha value is -1.34. The molecule has 0 spiro atoms. The van der Waals surface area contributed by atoms with E-state index in [0.29, 0.717) is 13.1 Å². The molecule has 3 heterocycles. The van der Waals surface area contributed by atoms with Gasteiger partial charge in [-0.25, -0.2) is 9.59 Å². The molecule has 4 unspecified atom stereocenters. The zero-order chi connectivity index (χ0) is 13.6. The van der Waals surface area contributed by atoms with Crippen molar-refractivity contribution in [1.29, 1.82) is 0 Å². The number of carboxylic acids is 1. The van der Waals surface area contributed by atoms with E-state index in [0.717, 1.165) is 12.8 Å². The maximum absolute atomic E-state index is 12.4. The fourth-order valence-corrected chi connectivity index (χ4v) is 3.21. The number of likely N-dealkylation sites (tertiary alicyclic amines) is 2. The Bertz CT molecular complexity index is 390. The molecule has 3 rings (SSSR count). The summed E-state index contributed by atoms with van der Waals surface area (Å²) >= 11 is 0. The van der Waals surface area contributed by atoms with Gasteiger partial charge in [0.25, 0.3) is 0 Å². The quantitative estimate of drug-likeness (QED) is 0.669. The topological polar surface area (TPSA) is 90.3 Å². The van der Waals surface area contributed by atoms with Crippen molar-refractivity contribution in [3.8, 4) is 0 Å². The van der Waals surface area contributed by atoms with Crippen molar-refractivity contribution in [1.82, 2.24) is 9.80 Å². The SMILES string of the molecule is O=C(O)C1CC(O)CN1C(=O)N1CC2CCC(C1)O2. The standard InChI is InChI=1S/C12H18N2O5/c15-7-3-10(11(16)17)14(4-7)12(18)13-5-8-1-2-9(6-13)19-8/h7-10,15H,1-6H2,(H,16,17). The molecule has 0 aromatic carbocycles. The van der Waals surface area contributed by atoms with Gasteiger partial charge < -0.3 is 24.7 Å². The van der Waals surface area contributed by atoms with Crippen LogP contribution in [-0.4, -0.2) is 76.0 Å². The summed E-state index contributed by atoms with van der Waals surface area (Å²) in [5.74, 6) is -1.05. The molecule has 0 saturated carbocycles. The van der Waals surface area contributed by atoms with Gasteiger partial charge in [0.1, 0.15) is 6.04 Å². The Labute approximate surface area is 110 Å². The normalized spacial score (nSPS) is 37.7. The number of ether oxygens (including phenoxy) is 1. The highest BCUT2D eigenvalue weighted by atomic mass is 16.5. The molecule has 0 aromatic heterocycles. The minimum absolute atomic E-state index is 0.0819. The van der Waals surface area contributed by atoms with Crippen molar-refractivity contribution in [3.63, 3.8) is 0 Å². The van der Waals surface area contributed by atoms with Crippen LogP contribution >= 0.6 is 0 Å². The van der Waals surface area contributed by atoms with Crippen molar-refractivity contribution < 1.29 is 24.5 Å². The fraction of sp³-hybridized carbons (Fsp3) is 0.833. The lowest BCUT2D eigenvalue weighted by Gasteiger charge is -2.35. The predicted molar refractivity (Wildman–Crippen MR) is 63.6 cm³/mol. The third kappa shape index (κ3) is 2.28. The van der Waals surface area contributed by atoms with Crippen LogP contribution < -0.4 is 0 Å². The molecule has 3 aliphatic heterocycles. The van der Waals surface area contributed by atoms with Gasteiger partial charge in [0.05, 0.1) is 18.3 Å². The molecule has 0 aromatic rings. The Kier molecular flexibility index (Phi) is 3.10. The van der Waals surface area contributed by atoms with Crippen LogP contribution in [0.25, 0.3) is 0 Å². The number of carboxylic acid groups (broad SMARTS) is 1. The molecule has 19 heavy (non-hydrogen) atoms. The van der Waals surface area contributed by atoms with Crippen molar-refractivity contribution in [3.05, 3.63) is 0 Å². The number of amides is 2. The molecular formula is C12H18N2O5. The summed E-state index contributed by atoms with van der Waals surface area (Å²) in [6, 6.07) is -1.20. The van der Waals surface area contributed by atoms with Gasteiger partial charge in [-0.05, 0) is 12.8 Å². The van der Waals surface area contributed by atoms with E-state index < -0.39 is 18.1 Å². The van der Waals surface area contributed by atoms with Gasteiger partial charge in [-0.2, -0.15) is 0 Å². The lowest BCUT2D eigenvalue weighted by atomic mass is 10.2. The van der Waals surface area contributed by atoms with Crippen molar-refractivity contribution >= 4 is 12.0 Å². The number of aliphatic hydroxyl groups excluding tert-OH is 1. The van der Waals surface area contributed by atoms with Crippen molar-refractivity contribution in [2.45, 2.75) is 43.6 Å². The van der Waals surface area contributed by atoms with E-state index in [1.807, 2.05) is 0 Å². The summed E-state index contributed by atoms with van der Waals surface area (Å²) < 4.78 is 5.66. The molecule has 3 saturated heterocycles. The van der Waals surface area contributed by atoms with Gasteiger partial charge >= 0.3 is 12.0 Å². The number of morpholine rings is 1. The number of fused-ring (bicyclic) bond motifs is 2. The maximum Gasteiger partial charge on any atom is 0.326 e. The van der Waals surface area contributed by atoms with E-state index in [1.54, 1.807) is 4.90 Å². The Morgan fingerprint density at radius 3 is 2.32 bits per heavy atom. The van der Waals surface area contributed by atoms with E-state index in [-0.39, 0.29) is 31.2 Å². The second-order valence-corrected chi connectivity index (χ2v) is 5.54. The summed E-state index contributed by atoms with van der Waals surface area (Å²) in [5.41, 5.74) is 0. The van der Waals surface area contributed by atoms with Gasteiger partial charge in [-0.15, -0.1) is 0 Å². The molecule has 7 heteroatoms. The Morgan fingerprint density at radius 1 is 1.11 bits per heavy atom. The first-order valence-corrected chi connectivity index (χ1v) is 6.66. The number of urea groups is 1. The average Bonchev–Trinajstić information content (AvgIpc) is 2.91. The van der Waals surface area contributed by atoms with Crippen molar-refractivity contribution in [2.75, 3.05) is 19.6 Å². The number of nitrogens with zero attached hydrogens (tertiary/aromatic N) is 2. The predicted octanol–water partition coefficient (Wildman–Crippen LogP) is -0.511. The van der Waals surface area contributed by atoms with Crippen LogP contribution in [0, 0.1) is 0 Å². The van der Waals surface area contributed by atoms with Gasteiger partial charge in [0.2, 0.25) is 0 Å². The summed E-state index contributed by atoms with van der Waals surface area (Å²) in [7, 11) is 0. The monoisotopic (exact) mass is 270 g/mol. The Balaban J connectivity index is 1.71. The molecule has 4 atom stereocenters. The molecular weight excluding hydrogens is 252 g/mol. The van der Waals surface area contributed by atoms with E-state index >= 15 is 0 Å². The molecule has 2 amide bonds. The van der Waals surface area contributed by atoms with Crippen LogP contribution in [0.5, 0.6) is 0 Å². The van der Waals surface area contributed by atoms with Crippen LogP contribution in [0.4, 0.5) is 4.79 Å². The van der Waals surface area contributed by atoms with Crippen LogP contribution in [0.1, 0.15) is 19.3 Å². The van der Waals surface area contributed by atoms with E-state index in [9.17, 15) is 14.7 Å². The number of hydrogen-bond donors (Lipinski definition) is 2. The van der Waals surface area contributed by atoms with Crippen LogP contribution in [0.3, 0.4) is 0 Å². The van der Waals surface area contributed by atoms with Gasteiger partial charge in [0, 0.05) is 26.1 Å². The molecule has 0 radical (unpaired) electrons. The highest BCUT2D eigenvalue weighted by molar-refractivity contribution is 5.83. The minimum Gasteiger partial charge on any atom is -0.480 e. The maximum atomic E-state index is 12.4. The second-order valence-electron chi connectivity index (χ2n) is 5.54. The number of carbonyl (C=O) groups excluding carboxylic acids is 1. The Morgan fingerprint density at radius 2 is 1.74 bits per heavy atom. The zero-order valence-electron chi connectivity index (χ0n) is 10.6. The van der Waals surface area contributed by atoms with Crippen LogP contribution in [0.2, 0.25) is 0 Å². The molecule has 106 valence electrons. The summed E-state index contributed by atoms with van der Waals surface area (Å²) in [4.78, 5) is 26.5. The lowest BCUT2D eigenvalue weighted by molar-refractivity contribution is -0.141. The van der Waals surface area contributed by atoms with E-state index in [1.165, 1.54) is 4.90 Å². The van der Waals surface area contributed by atoms with Gasteiger partial charge in [0.15, 0.2) is 0 Å². The molecule has 3 fully saturated rings. The number of aliphatic hydroxyl groups is 1. The molecule has 3 aliphatic rings. The first-order valence-electron chi connectivity index (χ1n) is 6.66. The number of rotatable bonds is 1. The van der Waals surface area contributed by atoms with Crippen LogP contribution in [0.15, 0.2) is 0 Å². The first kappa shape index (κ1) is 12.7. The highest BCUT2D eigenvalue weighted by Crippen LogP contribution is 2.28. The van der Waals surface area contributed by atoms with Gasteiger partial charge in [-0.3, -0.25) is 0 Å². The molecule has 7 nitrogen and oxygen atoms in total. The fourth-order valence-electron chi connectivity index (χ4n) is 3.21. The minimum atomic E-state index is -1.05. The van der Waals surface area contributed by atoms with Gasteiger partial charge in [-0.1, -0.05) is 0 Å². The third-order valence-corrected chi connectivity index (χ3v) is 4.12. The summed E-state index contributed by atoms with van der Waals surface area (Å²) in [6.45, 7) is 1.14. The molecule has 0 aliphatic carbocycles. The van der Waals surface area contributed by atoms with E-state index in [4.69, 9.17) is 9.84 Å². The molecule has 2 N–H and O–H groups in total. The number of hydrogen-bond acceptors (Lipinski definition) is 4. The zero-order valence-corrected chi connectivity index (χ0v) is 10.6. The number of β-amino-alcohol motifs (C(OH)–C–C–N with tert-alkyl or cyclic N) is 1. The van der Waals surface area contributed by atoms with Crippen LogP contribution in [-0.2, 0) is 9.53 Å². The number of carbonyl (C=O) groups is 2. The third-order valence-electron chi connectivity index (χ3n) is 4.12. The highest BCUT2D eigenvalue weighted by Gasteiger charge is 2.43. The summed E-state index contributed by atoms with van der Waals surface area (Å²) in [6.07, 6.45) is 1.44. The average molecular weight is 270 g/mol. The first-order chi connectivity index (χ1) is 9.04. The number of aliphatic carboxylic acids is 1. The second kappa shape index (κ2) is 4.64. The van der Waals surface area contributed by atoms with E-state index in [2.05, 4.69) is 0 Å².